The van der Waals surface area contributed by atoms with Crippen LogP contribution in [0.15, 0.2) is 72.8 Å². The highest BCUT2D eigenvalue weighted by Gasteiger charge is 2.34. The van der Waals surface area contributed by atoms with E-state index in [1.165, 1.54) is 0 Å². The molecule has 0 aromatic heterocycles. The summed E-state index contributed by atoms with van der Waals surface area (Å²) in [6, 6.07) is 22.1. The minimum absolute atomic E-state index is 0.424. The summed E-state index contributed by atoms with van der Waals surface area (Å²) in [7, 11) is -3.62. The number of carbonyl (C=O) groups is 1. The van der Waals surface area contributed by atoms with E-state index in [1.54, 1.807) is 35.0 Å². The van der Waals surface area contributed by atoms with Crippen LogP contribution in [0.25, 0.3) is 10.8 Å². The molecule has 1 unspecified atom stereocenters. The van der Waals surface area contributed by atoms with E-state index in [-0.39, 0.29) is 0 Å². The van der Waals surface area contributed by atoms with Gasteiger partial charge in [-0.1, -0.05) is 62.4 Å². The van der Waals surface area contributed by atoms with Crippen molar-refractivity contribution in [1.82, 2.24) is 9.76 Å². The quantitative estimate of drug-likeness (QED) is 0.578. The van der Waals surface area contributed by atoms with Crippen molar-refractivity contribution in [2.45, 2.75) is 13.8 Å². The molecule has 27 heavy (non-hydrogen) atoms. The molecular weight excluding hydrogens is 359 g/mol. The van der Waals surface area contributed by atoms with E-state index in [0.29, 0.717) is 24.4 Å². The number of fused-ring (bicyclic) bond motifs is 1. The first-order chi connectivity index (χ1) is 13.1. The number of amides is 1. The molecule has 0 saturated heterocycles. The molecule has 0 aliphatic heterocycles. The van der Waals surface area contributed by atoms with Gasteiger partial charge in [-0.15, -0.1) is 0 Å². The van der Waals surface area contributed by atoms with E-state index in [2.05, 4.69) is 5.09 Å². The minimum Gasteiger partial charge on any atom is -0.418 e. The molecular formula is C21H23N2O3P. The van der Waals surface area contributed by atoms with Crippen LogP contribution >= 0.6 is 7.67 Å². The van der Waals surface area contributed by atoms with Crippen LogP contribution in [0.5, 0.6) is 5.75 Å². The fourth-order valence-corrected chi connectivity index (χ4v) is 4.73. The molecule has 140 valence electrons. The maximum atomic E-state index is 13.6. The van der Waals surface area contributed by atoms with Crippen LogP contribution in [-0.2, 0) is 4.57 Å². The van der Waals surface area contributed by atoms with E-state index in [9.17, 15) is 9.36 Å². The van der Waals surface area contributed by atoms with Crippen molar-refractivity contribution in [3.8, 4) is 5.75 Å². The maximum Gasteiger partial charge on any atom is 0.422 e. The maximum absolute atomic E-state index is 13.6. The van der Waals surface area contributed by atoms with E-state index < -0.39 is 13.6 Å². The molecule has 0 saturated carbocycles. The molecule has 0 aliphatic rings. The second-order valence-electron chi connectivity index (χ2n) is 6.07. The summed E-state index contributed by atoms with van der Waals surface area (Å²) in [4.78, 5) is 12.6. The van der Waals surface area contributed by atoms with E-state index in [0.717, 1.165) is 10.8 Å². The molecule has 5 nitrogen and oxygen atoms in total. The molecule has 0 radical (unpaired) electrons. The number of nitrogens with zero attached hydrogens (tertiary/aromatic N) is 1. The Bertz CT molecular complexity index is 971. The summed E-state index contributed by atoms with van der Waals surface area (Å²) in [6.07, 6.45) is 0. The van der Waals surface area contributed by atoms with Crippen LogP contribution in [0, 0.1) is 0 Å². The van der Waals surface area contributed by atoms with Gasteiger partial charge in [-0.05, 0) is 35.0 Å². The molecule has 1 N–H and O–H groups in total. The van der Waals surface area contributed by atoms with Gasteiger partial charge in [-0.3, -0.25) is 9.88 Å². The number of hydrogen-bond acceptors (Lipinski definition) is 3. The lowest BCUT2D eigenvalue weighted by Crippen LogP contribution is -2.34. The van der Waals surface area contributed by atoms with Crippen molar-refractivity contribution in [2.75, 3.05) is 13.1 Å². The van der Waals surface area contributed by atoms with Crippen molar-refractivity contribution in [3.05, 3.63) is 78.4 Å². The van der Waals surface area contributed by atoms with Crippen LogP contribution in [0.2, 0.25) is 0 Å². The van der Waals surface area contributed by atoms with Gasteiger partial charge < -0.3 is 4.52 Å². The minimum atomic E-state index is -3.62. The second kappa shape index (κ2) is 8.38. The highest BCUT2D eigenvalue weighted by atomic mass is 31.2. The molecule has 3 aromatic rings. The van der Waals surface area contributed by atoms with E-state index >= 15 is 0 Å². The fraction of sp³-hybridized carbons (Fsp3) is 0.190. The van der Waals surface area contributed by atoms with Gasteiger partial charge in [0.2, 0.25) is 0 Å². The van der Waals surface area contributed by atoms with Crippen molar-refractivity contribution < 1.29 is 13.9 Å². The third kappa shape index (κ3) is 4.38. The van der Waals surface area contributed by atoms with Crippen molar-refractivity contribution in [3.63, 3.8) is 0 Å². The summed E-state index contributed by atoms with van der Waals surface area (Å²) < 4.78 is 21.2. The average molecular weight is 382 g/mol. The Labute approximate surface area is 159 Å². The predicted octanol–water partition coefficient (Wildman–Crippen LogP) is 5.10. The summed E-state index contributed by atoms with van der Waals surface area (Å²) >= 11 is 0. The summed E-state index contributed by atoms with van der Waals surface area (Å²) in [5.74, 6) is 0.0314. The number of benzene rings is 3. The standard InChI is InChI=1S/C21H23N2O3P/c1-3-23(4-2)27(25,22-21(24)18-11-6-5-7-12-18)26-20-15-14-17-10-8-9-13-19(17)16-20/h5-16H,3-4H2,1-2H3,(H,22,24,25). The number of hydrogen-bond donors (Lipinski definition) is 1. The molecule has 0 bridgehead atoms. The summed E-state index contributed by atoms with van der Waals surface area (Å²) in [6.45, 7) is 4.73. The molecule has 3 aromatic carbocycles. The Kier molecular flexibility index (Phi) is 5.94. The topological polar surface area (TPSA) is 58.6 Å². The largest absolute Gasteiger partial charge is 0.422 e. The smallest absolute Gasteiger partial charge is 0.418 e. The Morgan fingerprint density at radius 2 is 1.56 bits per heavy atom. The zero-order valence-electron chi connectivity index (χ0n) is 15.5. The van der Waals surface area contributed by atoms with Gasteiger partial charge in [-0.2, -0.15) is 0 Å². The molecule has 1 atom stereocenters. The lowest BCUT2D eigenvalue weighted by atomic mass is 10.1. The number of carbonyl (C=O) groups excluding carboxylic acids is 1. The molecule has 0 spiro atoms. The van der Waals surface area contributed by atoms with Crippen molar-refractivity contribution in [1.29, 1.82) is 0 Å². The average Bonchev–Trinajstić information content (AvgIpc) is 2.69. The molecule has 1 amide bonds. The third-order valence-electron chi connectivity index (χ3n) is 4.33. The van der Waals surface area contributed by atoms with Gasteiger partial charge in [0.05, 0.1) is 0 Å². The van der Waals surface area contributed by atoms with Crippen molar-refractivity contribution >= 4 is 24.3 Å². The highest BCUT2D eigenvalue weighted by molar-refractivity contribution is 7.55. The highest BCUT2D eigenvalue weighted by Crippen LogP contribution is 2.47. The molecule has 3 rings (SSSR count). The first kappa shape index (κ1) is 19.2. The first-order valence-corrected chi connectivity index (χ1v) is 10.5. The SMILES string of the molecule is CCN(CC)P(=O)(NC(=O)c1ccccc1)Oc1ccc2ccccc2c1. The third-order valence-corrected chi connectivity index (χ3v) is 6.59. The number of nitrogens with one attached hydrogen (secondary N) is 1. The Morgan fingerprint density at radius 1 is 0.926 bits per heavy atom. The molecule has 0 aliphatic carbocycles. The zero-order chi connectivity index (χ0) is 19.3. The van der Waals surface area contributed by atoms with Gasteiger partial charge in [0, 0.05) is 18.7 Å². The van der Waals surface area contributed by atoms with Crippen LogP contribution in [0.3, 0.4) is 0 Å². The van der Waals surface area contributed by atoms with Crippen LogP contribution < -0.4 is 9.61 Å². The summed E-state index contributed by atoms with van der Waals surface area (Å²) in [5.41, 5.74) is 0.437. The normalized spacial score (nSPS) is 13.3. The summed E-state index contributed by atoms with van der Waals surface area (Å²) in [5, 5.41) is 4.68. The Balaban J connectivity index is 1.91. The lowest BCUT2D eigenvalue weighted by Gasteiger charge is -2.29. The van der Waals surface area contributed by atoms with Gasteiger partial charge >= 0.3 is 7.67 Å². The Morgan fingerprint density at radius 3 is 2.22 bits per heavy atom. The van der Waals surface area contributed by atoms with Crippen LogP contribution in [0.1, 0.15) is 24.2 Å². The lowest BCUT2D eigenvalue weighted by molar-refractivity contribution is 0.0973. The van der Waals surface area contributed by atoms with Crippen molar-refractivity contribution in [2.24, 2.45) is 0 Å². The number of rotatable bonds is 7. The van der Waals surface area contributed by atoms with Gasteiger partial charge in [0.15, 0.2) is 0 Å². The zero-order valence-corrected chi connectivity index (χ0v) is 16.4. The molecule has 0 fully saturated rings. The fourth-order valence-electron chi connectivity index (χ4n) is 2.90. The van der Waals surface area contributed by atoms with Gasteiger partial charge in [-0.25, -0.2) is 9.24 Å². The molecule has 6 heteroatoms. The first-order valence-electron chi connectivity index (χ1n) is 8.97. The van der Waals surface area contributed by atoms with Crippen LogP contribution in [0.4, 0.5) is 0 Å². The monoisotopic (exact) mass is 382 g/mol. The van der Waals surface area contributed by atoms with Gasteiger partial charge in [0.1, 0.15) is 5.75 Å². The Hall–Kier alpha value is -2.62. The van der Waals surface area contributed by atoms with E-state index in [4.69, 9.17) is 4.52 Å². The molecule has 0 heterocycles. The van der Waals surface area contributed by atoms with Gasteiger partial charge in [0.25, 0.3) is 5.91 Å². The predicted molar refractivity (Wildman–Crippen MR) is 109 cm³/mol. The van der Waals surface area contributed by atoms with E-state index in [1.807, 2.05) is 56.3 Å². The van der Waals surface area contributed by atoms with Crippen LogP contribution in [-0.4, -0.2) is 23.7 Å². The second-order valence-corrected chi connectivity index (χ2v) is 8.08.